The van der Waals surface area contributed by atoms with Gasteiger partial charge in [0.25, 0.3) is 0 Å². The quantitative estimate of drug-likeness (QED) is 0.650. The van der Waals surface area contributed by atoms with Crippen molar-refractivity contribution in [2.45, 2.75) is 19.4 Å². The minimum Gasteiger partial charge on any atom is -0.508 e. The van der Waals surface area contributed by atoms with Crippen molar-refractivity contribution in [1.82, 2.24) is 0 Å². The molecule has 0 amide bonds. The molecule has 3 heteroatoms. The Labute approximate surface area is 77.8 Å². The first-order chi connectivity index (χ1) is 6.19. The molecule has 0 radical (unpaired) electrons. The van der Waals surface area contributed by atoms with Crippen LogP contribution in [-0.2, 0) is 6.42 Å². The molecular weight excluding hydrogens is 166 g/mol. The van der Waals surface area contributed by atoms with E-state index in [0.717, 1.165) is 17.5 Å². The predicted molar refractivity (Wildman–Crippen MR) is 51.5 cm³/mol. The summed E-state index contributed by atoms with van der Waals surface area (Å²) in [6.45, 7) is 1.92. The summed E-state index contributed by atoms with van der Waals surface area (Å²) < 4.78 is 0. The lowest BCUT2D eigenvalue weighted by Gasteiger charge is -2.13. The van der Waals surface area contributed by atoms with Gasteiger partial charge in [0.1, 0.15) is 5.75 Å². The van der Waals surface area contributed by atoms with Gasteiger partial charge in [0, 0.05) is 0 Å². The van der Waals surface area contributed by atoms with Gasteiger partial charge in [0.05, 0.1) is 12.6 Å². The number of nitrogens with two attached hydrogens (primary N) is 1. The Balaban J connectivity index is 3.05. The summed E-state index contributed by atoms with van der Waals surface area (Å²) in [5, 5.41) is 18.1. The number of aliphatic hydroxyl groups excluding tert-OH is 1. The van der Waals surface area contributed by atoms with Crippen molar-refractivity contribution >= 4 is 0 Å². The molecule has 1 atom stereocenters. The summed E-state index contributed by atoms with van der Waals surface area (Å²) in [5.41, 5.74) is 7.58. The second-order valence-electron chi connectivity index (χ2n) is 3.03. The topological polar surface area (TPSA) is 66.5 Å². The molecule has 13 heavy (non-hydrogen) atoms. The van der Waals surface area contributed by atoms with Crippen molar-refractivity contribution < 1.29 is 10.2 Å². The first-order valence-corrected chi connectivity index (χ1v) is 4.37. The van der Waals surface area contributed by atoms with Gasteiger partial charge < -0.3 is 15.9 Å². The molecule has 0 saturated carbocycles. The Morgan fingerprint density at radius 2 is 2.15 bits per heavy atom. The van der Waals surface area contributed by atoms with Gasteiger partial charge in [-0.25, -0.2) is 0 Å². The Hall–Kier alpha value is -1.06. The van der Waals surface area contributed by atoms with Crippen LogP contribution in [0.3, 0.4) is 0 Å². The van der Waals surface area contributed by atoms with Gasteiger partial charge in [-0.15, -0.1) is 0 Å². The molecule has 1 aromatic rings. The SMILES string of the molecule is CCc1cc(O)ccc1[C@H](N)CO. The van der Waals surface area contributed by atoms with Gasteiger partial charge in [0.2, 0.25) is 0 Å². The average Bonchev–Trinajstić information content (AvgIpc) is 2.16. The highest BCUT2D eigenvalue weighted by molar-refractivity contribution is 5.36. The summed E-state index contributed by atoms with van der Waals surface area (Å²) in [6, 6.07) is 4.68. The Morgan fingerprint density at radius 1 is 1.46 bits per heavy atom. The molecule has 0 aliphatic rings. The monoisotopic (exact) mass is 181 g/mol. The van der Waals surface area contributed by atoms with Crippen molar-refractivity contribution in [3.63, 3.8) is 0 Å². The van der Waals surface area contributed by atoms with Crippen LogP contribution >= 0.6 is 0 Å². The fourth-order valence-electron chi connectivity index (χ4n) is 1.36. The van der Waals surface area contributed by atoms with Gasteiger partial charge in [-0.05, 0) is 29.7 Å². The summed E-state index contributed by atoms with van der Waals surface area (Å²) in [4.78, 5) is 0. The second kappa shape index (κ2) is 4.25. The zero-order valence-corrected chi connectivity index (χ0v) is 7.70. The van der Waals surface area contributed by atoms with Crippen LogP contribution in [-0.4, -0.2) is 16.8 Å². The third-order valence-electron chi connectivity index (χ3n) is 2.10. The van der Waals surface area contributed by atoms with Gasteiger partial charge >= 0.3 is 0 Å². The predicted octanol–water partition coefficient (Wildman–Crippen LogP) is 0.947. The van der Waals surface area contributed by atoms with E-state index in [-0.39, 0.29) is 18.4 Å². The molecule has 0 fully saturated rings. The molecular formula is C10H15NO2. The van der Waals surface area contributed by atoms with Gasteiger partial charge in [-0.1, -0.05) is 13.0 Å². The second-order valence-corrected chi connectivity index (χ2v) is 3.03. The van der Waals surface area contributed by atoms with E-state index < -0.39 is 0 Å². The van der Waals surface area contributed by atoms with E-state index in [4.69, 9.17) is 10.8 Å². The number of aliphatic hydroxyl groups is 1. The lowest BCUT2D eigenvalue weighted by molar-refractivity contribution is 0.267. The minimum absolute atomic E-state index is 0.0717. The van der Waals surface area contributed by atoms with Crippen LogP contribution in [0.15, 0.2) is 18.2 Å². The van der Waals surface area contributed by atoms with Crippen LogP contribution < -0.4 is 5.73 Å². The number of benzene rings is 1. The highest BCUT2D eigenvalue weighted by atomic mass is 16.3. The van der Waals surface area contributed by atoms with E-state index in [2.05, 4.69) is 0 Å². The summed E-state index contributed by atoms with van der Waals surface area (Å²) in [5.74, 6) is 0.241. The number of phenolic OH excluding ortho intramolecular Hbond substituents is 1. The van der Waals surface area contributed by atoms with Crippen LogP contribution in [0, 0.1) is 0 Å². The molecule has 4 N–H and O–H groups in total. The first-order valence-electron chi connectivity index (χ1n) is 4.37. The maximum absolute atomic E-state index is 9.22. The number of hydrogen-bond donors (Lipinski definition) is 3. The van der Waals surface area contributed by atoms with E-state index in [0.29, 0.717) is 0 Å². The van der Waals surface area contributed by atoms with E-state index in [1.807, 2.05) is 6.92 Å². The van der Waals surface area contributed by atoms with Crippen molar-refractivity contribution in [2.75, 3.05) is 6.61 Å². The largest absolute Gasteiger partial charge is 0.508 e. The molecule has 72 valence electrons. The highest BCUT2D eigenvalue weighted by Crippen LogP contribution is 2.21. The maximum Gasteiger partial charge on any atom is 0.115 e. The molecule has 0 bridgehead atoms. The maximum atomic E-state index is 9.22. The summed E-state index contributed by atoms with van der Waals surface area (Å²) in [6.07, 6.45) is 0.803. The van der Waals surface area contributed by atoms with E-state index in [9.17, 15) is 5.11 Å². The van der Waals surface area contributed by atoms with Crippen molar-refractivity contribution in [2.24, 2.45) is 5.73 Å². The molecule has 1 aromatic carbocycles. The number of aromatic hydroxyl groups is 1. The van der Waals surface area contributed by atoms with Crippen molar-refractivity contribution in [1.29, 1.82) is 0 Å². The molecule has 0 aliphatic heterocycles. The van der Waals surface area contributed by atoms with E-state index >= 15 is 0 Å². The van der Waals surface area contributed by atoms with Crippen molar-refractivity contribution in [3.8, 4) is 5.75 Å². The third-order valence-corrected chi connectivity index (χ3v) is 2.10. The van der Waals surface area contributed by atoms with Gasteiger partial charge in [-0.3, -0.25) is 0 Å². The van der Waals surface area contributed by atoms with E-state index in [1.54, 1.807) is 18.2 Å². The fourth-order valence-corrected chi connectivity index (χ4v) is 1.36. The third kappa shape index (κ3) is 2.20. The van der Waals surface area contributed by atoms with Crippen LogP contribution in [0.25, 0.3) is 0 Å². The molecule has 1 rings (SSSR count). The number of rotatable bonds is 3. The number of aryl methyl sites for hydroxylation is 1. The molecule has 0 aromatic heterocycles. The van der Waals surface area contributed by atoms with Gasteiger partial charge in [0.15, 0.2) is 0 Å². The summed E-state index contributed by atoms with van der Waals surface area (Å²) >= 11 is 0. The molecule has 3 nitrogen and oxygen atoms in total. The Bertz CT molecular complexity index is 286. The van der Waals surface area contributed by atoms with Crippen molar-refractivity contribution in [3.05, 3.63) is 29.3 Å². The van der Waals surface area contributed by atoms with Gasteiger partial charge in [-0.2, -0.15) is 0 Å². The van der Waals surface area contributed by atoms with Crippen LogP contribution in [0.4, 0.5) is 0 Å². The normalized spacial score (nSPS) is 12.8. The van der Waals surface area contributed by atoms with Crippen LogP contribution in [0.2, 0.25) is 0 Å². The molecule has 0 unspecified atom stereocenters. The zero-order valence-electron chi connectivity index (χ0n) is 7.70. The molecule has 0 aliphatic carbocycles. The Kier molecular flexibility index (Phi) is 3.28. The zero-order chi connectivity index (χ0) is 9.84. The lowest BCUT2D eigenvalue weighted by atomic mass is 9.99. The molecule has 0 spiro atoms. The van der Waals surface area contributed by atoms with E-state index in [1.165, 1.54) is 0 Å². The van der Waals surface area contributed by atoms with Crippen LogP contribution in [0.5, 0.6) is 5.75 Å². The number of hydrogen-bond acceptors (Lipinski definition) is 3. The smallest absolute Gasteiger partial charge is 0.115 e. The highest BCUT2D eigenvalue weighted by Gasteiger charge is 2.09. The average molecular weight is 181 g/mol. The minimum atomic E-state index is -0.351. The molecule has 0 saturated heterocycles. The number of phenols is 1. The first kappa shape index (κ1) is 10.0. The van der Waals surface area contributed by atoms with Crippen LogP contribution in [0.1, 0.15) is 24.1 Å². The lowest BCUT2D eigenvalue weighted by Crippen LogP contribution is -2.16. The fraction of sp³-hybridized carbons (Fsp3) is 0.400. The molecule has 0 heterocycles. The summed E-state index contributed by atoms with van der Waals surface area (Å²) in [7, 11) is 0. The standard InChI is InChI=1S/C10H15NO2/c1-2-7-5-8(13)3-4-9(7)10(11)6-12/h3-5,10,12-13H,2,6,11H2,1H3/t10-/m1/s1. The Morgan fingerprint density at radius 3 is 2.69 bits per heavy atom.